The van der Waals surface area contributed by atoms with Gasteiger partial charge in [-0.2, -0.15) is 0 Å². The molecular formula is C17H22N2O3. The molecule has 0 aliphatic heterocycles. The molecule has 1 aromatic carbocycles. The molecule has 118 valence electrons. The SMILES string of the molecule is COc1cccc(OCc2nc(C)cc(=O)n2C(C)(C)C)c1. The highest BCUT2D eigenvalue weighted by Gasteiger charge is 2.20. The lowest BCUT2D eigenvalue weighted by molar-refractivity contribution is 0.261. The van der Waals surface area contributed by atoms with Crippen LogP contribution in [0.5, 0.6) is 11.5 Å². The molecule has 0 radical (unpaired) electrons. The highest BCUT2D eigenvalue weighted by molar-refractivity contribution is 5.32. The van der Waals surface area contributed by atoms with E-state index in [2.05, 4.69) is 4.98 Å². The van der Waals surface area contributed by atoms with Crippen LogP contribution in [0, 0.1) is 6.92 Å². The Balaban J connectivity index is 2.31. The van der Waals surface area contributed by atoms with Crippen LogP contribution in [0.3, 0.4) is 0 Å². The molecule has 1 heterocycles. The van der Waals surface area contributed by atoms with E-state index in [0.717, 1.165) is 5.75 Å². The minimum absolute atomic E-state index is 0.0655. The Morgan fingerprint density at radius 3 is 2.50 bits per heavy atom. The summed E-state index contributed by atoms with van der Waals surface area (Å²) in [6.45, 7) is 7.95. The average Bonchev–Trinajstić information content (AvgIpc) is 2.43. The van der Waals surface area contributed by atoms with Gasteiger partial charge in [-0.1, -0.05) is 6.07 Å². The standard InChI is InChI=1S/C17H22N2O3/c1-12-9-16(20)19(17(2,3)4)15(18-12)11-22-14-8-6-7-13(10-14)21-5/h6-10H,11H2,1-5H3. The topological polar surface area (TPSA) is 53.4 Å². The van der Waals surface area contributed by atoms with Gasteiger partial charge in [-0.25, -0.2) is 4.98 Å². The molecule has 0 fully saturated rings. The van der Waals surface area contributed by atoms with E-state index in [4.69, 9.17) is 9.47 Å². The van der Waals surface area contributed by atoms with Crippen molar-refractivity contribution in [2.45, 2.75) is 39.8 Å². The second kappa shape index (κ2) is 6.22. The molecule has 0 amide bonds. The zero-order valence-electron chi connectivity index (χ0n) is 13.7. The molecule has 1 aromatic heterocycles. The molecule has 22 heavy (non-hydrogen) atoms. The minimum atomic E-state index is -0.356. The van der Waals surface area contributed by atoms with Crippen LogP contribution < -0.4 is 15.0 Å². The van der Waals surface area contributed by atoms with Crippen molar-refractivity contribution in [2.24, 2.45) is 0 Å². The minimum Gasteiger partial charge on any atom is -0.497 e. The van der Waals surface area contributed by atoms with E-state index in [0.29, 0.717) is 17.3 Å². The average molecular weight is 302 g/mol. The van der Waals surface area contributed by atoms with Crippen LogP contribution in [-0.4, -0.2) is 16.7 Å². The summed E-state index contributed by atoms with van der Waals surface area (Å²) in [6, 6.07) is 8.89. The molecule has 0 saturated carbocycles. The monoisotopic (exact) mass is 302 g/mol. The van der Waals surface area contributed by atoms with E-state index >= 15 is 0 Å². The zero-order chi connectivity index (χ0) is 16.3. The van der Waals surface area contributed by atoms with Crippen molar-refractivity contribution < 1.29 is 9.47 Å². The quantitative estimate of drug-likeness (QED) is 0.871. The molecule has 0 saturated heterocycles. The van der Waals surface area contributed by atoms with E-state index < -0.39 is 0 Å². The molecule has 0 aliphatic rings. The van der Waals surface area contributed by atoms with Gasteiger partial charge in [0, 0.05) is 23.4 Å². The second-order valence-electron chi connectivity index (χ2n) is 6.13. The Hall–Kier alpha value is -2.30. The predicted molar refractivity (Wildman–Crippen MR) is 85.6 cm³/mol. The van der Waals surface area contributed by atoms with Crippen molar-refractivity contribution in [3.05, 3.63) is 52.2 Å². The normalized spacial score (nSPS) is 11.3. The summed E-state index contributed by atoms with van der Waals surface area (Å²) in [6.07, 6.45) is 0. The third kappa shape index (κ3) is 3.67. The molecule has 0 N–H and O–H groups in total. The largest absolute Gasteiger partial charge is 0.497 e. The first kappa shape index (κ1) is 16.1. The predicted octanol–water partition coefficient (Wildman–Crippen LogP) is 2.89. The van der Waals surface area contributed by atoms with Gasteiger partial charge in [0.15, 0.2) is 0 Å². The van der Waals surface area contributed by atoms with E-state index in [1.54, 1.807) is 23.8 Å². The van der Waals surface area contributed by atoms with Gasteiger partial charge in [0.25, 0.3) is 5.56 Å². The Labute approximate surface area is 130 Å². The highest BCUT2D eigenvalue weighted by atomic mass is 16.5. The van der Waals surface area contributed by atoms with Gasteiger partial charge in [-0.05, 0) is 39.8 Å². The number of hydrogen-bond donors (Lipinski definition) is 0. The number of hydrogen-bond acceptors (Lipinski definition) is 4. The second-order valence-corrected chi connectivity index (χ2v) is 6.13. The maximum atomic E-state index is 12.3. The van der Waals surface area contributed by atoms with Crippen LogP contribution in [0.15, 0.2) is 35.1 Å². The summed E-state index contributed by atoms with van der Waals surface area (Å²) in [7, 11) is 1.61. The van der Waals surface area contributed by atoms with Gasteiger partial charge < -0.3 is 9.47 Å². The van der Waals surface area contributed by atoms with Gasteiger partial charge in [0.2, 0.25) is 0 Å². The third-order valence-electron chi connectivity index (χ3n) is 3.20. The van der Waals surface area contributed by atoms with Crippen LogP contribution >= 0.6 is 0 Å². The fraction of sp³-hybridized carbons (Fsp3) is 0.412. The van der Waals surface area contributed by atoms with Crippen molar-refractivity contribution in [3.8, 4) is 11.5 Å². The van der Waals surface area contributed by atoms with Gasteiger partial charge in [0.05, 0.1) is 7.11 Å². The van der Waals surface area contributed by atoms with E-state index in [-0.39, 0.29) is 17.7 Å². The van der Waals surface area contributed by atoms with E-state index in [1.165, 1.54) is 0 Å². The fourth-order valence-electron chi connectivity index (χ4n) is 2.31. The van der Waals surface area contributed by atoms with Crippen molar-refractivity contribution in [1.82, 2.24) is 9.55 Å². The molecule has 2 aromatic rings. The molecule has 0 aliphatic carbocycles. The lowest BCUT2D eigenvalue weighted by atomic mass is 10.1. The van der Waals surface area contributed by atoms with Crippen LogP contribution in [0.1, 0.15) is 32.3 Å². The van der Waals surface area contributed by atoms with Gasteiger partial charge >= 0.3 is 0 Å². The first-order valence-electron chi connectivity index (χ1n) is 7.18. The van der Waals surface area contributed by atoms with Crippen molar-refractivity contribution in [2.75, 3.05) is 7.11 Å². The Kier molecular flexibility index (Phi) is 4.54. The Bertz CT molecular complexity index is 715. The molecule has 0 atom stereocenters. The van der Waals surface area contributed by atoms with E-state index in [1.807, 2.05) is 45.9 Å². The molecule has 0 bridgehead atoms. The summed E-state index contributed by atoms with van der Waals surface area (Å²) in [5.41, 5.74) is 0.268. The summed E-state index contributed by atoms with van der Waals surface area (Å²) >= 11 is 0. The number of aromatic nitrogens is 2. The fourth-order valence-corrected chi connectivity index (χ4v) is 2.31. The molecule has 5 nitrogen and oxygen atoms in total. The number of aryl methyl sites for hydroxylation is 1. The van der Waals surface area contributed by atoms with E-state index in [9.17, 15) is 4.79 Å². The lowest BCUT2D eigenvalue weighted by Crippen LogP contribution is -2.37. The molecule has 0 unspecified atom stereocenters. The molecule has 0 spiro atoms. The number of ether oxygens (including phenoxy) is 2. The highest BCUT2D eigenvalue weighted by Crippen LogP contribution is 2.20. The maximum absolute atomic E-state index is 12.3. The van der Waals surface area contributed by atoms with Crippen molar-refractivity contribution in [1.29, 1.82) is 0 Å². The maximum Gasteiger partial charge on any atom is 0.254 e. The Morgan fingerprint density at radius 2 is 1.86 bits per heavy atom. The number of nitrogens with zero attached hydrogens (tertiary/aromatic N) is 2. The first-order chi connectivity index (χ1) is 10.3. The van der Waals surface area contributed by atoms with Gasteiger partial charge in [0.1, 0.15) is 23.9 Å². The summed E-state index contributed by atoms with van der Waals surface area (Å²) in [5, 5.41) is 0. The lowest BCUT2D eigenvalue weighted by Gasteiger charge is -2.25. The zero-order valence-corrected chi connectivity index (χ0v) is 13.7. The van der Waals surface area contributed by atoms with Crippen LogP contribution in [-0.2, 0) is 12.1 Å². The van der Waals surface area contributed by atoms with Gasteiger partial charge in [-0.15, -0.1) is 0 Å². The number of methoxy groups -OCH3 is 1. The number of rotatable bonds is 4. The van der Waals surface area contributed by atoms with Crippen LogP contribution in [0.4, 0.5) is 0 Å². The summed E-state index contributed by atoms with van der Waals surface area (Å²) in [4.78, 5) is 16.7. The van der Waals surface area contributed by atoms with Gasteiger partial charge in [-0.3, -0.25) is 9.36 Å². The third-order valence-corrected chi connectivity index (χ3v) is 3.20. The summed E-state index contributed by atoms with van der Waals surface area (Å²) < 4.78 is 12.6. The van der Waals surface area contributed by atoms with Crippen LogP contribution in [0.25, 0.3) is 0 Å². The molecular weight excluding hydrogens is 280 g/mol. The number of benzene rings is 1. The molecule has 2 rings (SSSR count). The van der Waals surface area contributed by atoms with Crippen LogP contribution in [0.2, 0.25) is 0 Å². The smallest absolute Gasteiger partial charge is 0.254 e. The Morgan fingerprint density at radius 1 is 1.18 bits per heavy atom. The first-order valence-corrected chi connectivity index (χ1v) is 7.18. The molecule has 5 heteroatoms. The summed E-state index contributed by atoms with van der Waals surface area (Å²) in [5.74, 6) is 2.01. The van der Waals surface area contributed by atoms with Crippen molar-refractivity contribution in [3.63, 3.8) is 0 Å². The van der Waals surface area contributed by atoms with Crippen molar-refractivity contribution >= 4 is 0 Å².